The van der Waals surface area contributed by atoms with Crippen LogP contribution in [0.25, 0.3) is 11.3 Å². The molecule has 3 aromatic rings. The molecule has 1 aliphatic rings. The Morgan fingerprint density at radius 2 is 2.00 bits per heavy atom. The molecule has 1 aromatic heterocycles. The summed E-state index contributed by atoms with van der Waals surface area (Å²) in [6.07, 6.45) is 0.963. The number of hydrogen-bond donors (Lipinski definition) is 3. The van der Waals surface area contributed by atoms with E-state index in [1.165, 1.54) is 17.0 Å². The third-order valence-electron chi connectivity index (χ3n) is 6.18. The van der Waals surface area contributed by atoms with Gasteiger partial charge in [-0.1, -0.05) is 30.3 Å². The van der Waals surface area contributed by atoms with Gasteiger partial charge in [0.05, 0.1) is 28.9 Å². The van der Waals surface area contributed by atoms with Gasteiger partial charge in [-0.25, -0.2) is 14.2 Å². The lowest BCUT2D eigenvalue weighted by atomic mass is 10.0. The lowest BCUT2D eigenvalue weighted by Crippen LogP contribution is -2.42. The highest BCUT2D eigenvalue weighted by molar-refractivity contribution is 5.99. The van der Waals surface area contributed by atoms with Gasteiger partial charge in [0.25, 0.3) is 5.91 Å². The van der Waals surface area contributed by atoms with Gasteiger partial charge in [-0.15, -0.1) is 0 Å². The van der Waals surface area contributed by atoms with Crippen molar-refractivity contribution < 1.29 is 19.1 Å². The molecule has 8 nitrogen and oxygen atoms in total. The van der Waals surface area contributed by atoms with E-state index in [0.29, 0.717) is 54.1 Å². The molecule has 1 fully saturated rings. The van der Waals surface area contributed by atoms with Crippen LogP contribution in [-0.4, -0.2) is 52.7 Å². The summed E-state index contributed by atoms with van der Waals surface area (Å²) in [5.74, 6) is -0.369. The minimum absolute atomic E-state index is 0.201. The first-order valence-corrected chi connectivity index (χ1v) is 11.7. The number of rotatable bonds is 8. The van der Waals surface area contributed by atoms with Gasteiger partial charge in [0.1, 0.15) is 11.6 Å². The summed E-state index contributed by atoms with van der Waals surface area (Å²) < 4.78 is 13.5. The maximum absolute atomic E-state index is 13.5. The number of nitriles is 1. The lowest BCUT2D eigenvalue weighted by Gasteiger charge is -2.22. The summed E-state index contributed by atoms with van der Waals surface area (Å²) >= 11 is 0. The second kappa shape index (κ2) is 11.3. The van der Waals surface area contributed by atoms with Crippen LogP contribution in [0.4, 0.5) is 15.0 Å². The van der Waals surface area contributed by atoms with Gasteiger partial charge in [0, 0.05) is 25.2 Å². The van der Waals surface area contributed by atoms with Gasteiger partial charge in [-0.05, 0) is 55.2 Å². The predicted octanol–water partition coefficient (Wildman–Crippen LogP) is 4.29. The van der Waals surface area contributed by atoms with Crippen molar-refractivity contribution in [3.63, 3.8) is 0 Å². The normalized spacial score (nSPS) is 14.8. The number of amides is 2. The molecule has 1 saturated heterocycles. The van der Waals surface area contributed by atoms with Crippen LogP contribution in [0.1, 0.15) is 34.3 Å². The molecule has 0 aliphatic carbocycles. The molecule has 36 heavy (non-hydrogen) atoms. The van der Waals surface area contributed by atoms with E-state index < -0.39 is 6.09 Å². The minimum Gasteiger partial charge on any atom is -0.465 e. The zero-order valence-electron chi connectivity index (χ0n) is 19.6. The van der Waals surface area contributed by atoms with E-state index in [9.17, 15) is 24.3 Å². The Balaban J connectivity index is 1.55. The number of nitrogens with one attached hydrogen (secondary N) is 2. The summed E-state index contributed by atoms with van der Waals surface area (Å²) in [6.45, 7) is 1.06. The average Bonchev–Trinajstić information content (AvgIpc) is 3.36. The first-order valence-electron chi connectivity index (χ1n) is 11.7. The van der Waals surface area contributed by atoms with Crippen LogP contribution >= 0.6 is 0 Å². The molecular weight excluding hydrogens is 461 g/mol. The topological polar surface area (TPSA) is 118 Å². The number of hydrogen-bond acceptors (Lipinski definition) is 5. The van der Waals surface area contributed by atoms with Gasteiger partial charge in [-0.2, -0.15) is 5.26 Å². The summed E-state index contributed by atoms with van der Waals surface area (Å²) in [5, 5.41) is 24.8. The van der Waals surface area contributed by atoms with E-state index in [2.05, 4.69) is 21.7 Å². The van der Waals surface area contributed by atoms with E-state index in [-0.39, 0.29) is 24.3 Å². The maximum Gasteiger partial charge on any atom is 0.407 e. The Labute approximate surface area is 208 Å². The molecule has 0 radical (unpaired) electrons. The van der Waals surface area contributed by atoms with Crippen molar-refractivity contribution in [2.45, 2.75) is 25.3 Å². The van der Waals surface area contributed by atoms with E-state index in [4.69, 9.17) is 0 Å². The lowest BCUT2D eigenvalue weighted by molar-refractivity contribution is 0.0934. The number of carboxylic acid groups (broad SMARTS) is 1. The van der Waals surface area contributed by atoms with Crippen molar-refractivity contribution in [2.75, 3.05) is 25.0 Å². The molecule has 184 valence electrons. The first kappa shape index (κ1) is 24.7. The van der Waals surface area contributed by atoms with E-state index >= 15 is 0 Å². The van der Waals surface area contributed by atoms with Gasteiger partial charge in [0.15, 0.2) is 0 Å². The Hall–Kier alpha value is -4.45. The average molecular weight is 488 g/mol. The SMILES string of the molecule is N#Cc1ccccc1-c1ccc(C(=O)NC[C@H]2CCCN2C(=O)O)c(NCCc2cccc(F)c2)n1. The molecule has 3 N–H and O–H groups in total. The third-order valence-corrected chi connectivity index (χ3v) is 6.18. The Kier molecular flexibility index (Phi) is 7.75. The van der Waals surface area contributed by atoms with E-state index in [1.807, 2.05) is 12.1 Å². The monoisotopic (exact) mass is 487 g/mol. The van der Waals surface area contributed by atoms with Crippen LogP contribution in [0.3, 0.4) is 0 Å². The van der Waals surface area contributed by atoms with Crippen LogP contribution in [0.5, 0.6) is 0 Å². The Morgan fingerprint density at radius 3 is 2.78 bits per heavy atom. The summed E-state index contributed by atoms with van der Waals surface area (Å²) in [5.41, 5.74) is 2.73. The molecule has 0 saturated carbocycles. The molecule has 9 heteroatoms. The van der Waals surface area contributed by atoms with Crippen LogP contribution in [0, 0.1) is 17.1 Å². The van der Waals surface area contributed by atoms with Crippen LogP contribution in [0.15, 0.2) is 60.7 Å². The molecular formula is C27H26FN5O3. The minimum atomic E-state index is -0.992. The van der Waals surface area contributed by atoms with Crippen LogP contribution < -0.4 is 10.6 Å². The molecule has 1 aliphatic heterocycles. The van der Waals surface area contributed by atoms with Crippen molar-refractivity contribution in [1.29, 1.82) is 5.26 Å². The predicted molar refractivity (Wildman–Crippen MR) is 133 cm³/mol. The second-order valence-corrected chi connectivity index (χ2v) is 8.54. The number of anilines is 1. The smallest absolute Gasteiger partial charge is 0.407 e. The fourth-order valence-corrected chi connectivity index (χ4v) is 4.35. The fourth-order valence-electron chi connectivity index (χ4n) is 4.35. The molecule has 0 spiro atoms. The number of halogens is 1. The molecule has 2 aromatic carbocycles. The number of carbonyl (C=O) groups excluding carboxylic acids is 1. The highest BCUT2D eigenvalue weighted by Gasteiger charge is 2.29. The van der Waals surface area contributed by atoms with E-state index in [0.717, 1.165) is 12.0 Å². The number of pyridine rings is 1. The van der Waals surface area contributed by atoms with Crippen molar-refractivity contribution >= 4 is 17.8 Å². The molecule has 2 heterocycles. The van der Waals surface area contributed by atoms with Crippen LogP contribution in [-0.2, 0) is 6.42 Å². The van der Waals surface area contributed by atoms with Gasteiger partial charge in [-0.3, -0.25) is 4.79 Å². The van der Waals surface area contributed by atoms with Crippen molar-refractivity contribution in [3.05, 3.63) is 83.2 Å². The van der Waals surface area contributed by atoms with Crippen molar-refractivity contribution in [1.82, 2.24) is 15.2 Å². The molecule has 0 unspecified atom stereocenters. The van der Waals surface area contributed by atoms with Gasteiger partial charge >= 0.3 is 6.09 Å². The summed E-state index contributed by atoms with van der Waals surface area (Å²) in [7, 11) is 0. The zero-order valence-corrected chi connectivity index (χ0v) is 19.6. The quantitative estimate of drug-likeness (QED) is 0.436. The molecule has 2 amide bonds. The third kappa shape index (κ3) is 5.78. The summed E-state index contributed by atoms with van der Waals surface area (Å²) in [4.78, 5) is 30.5. The first-order chi connectivity index (χ1) is 17.5. The fraction of sp³-hybridized carbons (Fsp3) is 0.259. The molecule has 1 atom stereocenters. The molecule has 0 bridgehead atoms. The standard InChI is InChI=1S/C27H26FN5O3/c28-20-7-3-5-18(15-20)12-13-30-25-23(26(34)31-17-21-8-4-14-33(21)27(35)36)10-11-24(32-25)22-9-2-1-6-19(22)16-29/h1-3,5-7,9-11,15,21H,4,8,12-14,17H2,(H,30,32)(H,31,34)(H,35,36)/t21-/m1/s1. The van der Waals surface area contributed by atoms with Crippen LogP contribution in [0.2, 0.25) is 0 Å². The number of benzene rings is 2. The highest BCUT2D eigenvalue weighted by Crippen LogP contribution is 2.25. The largest absolute Gasteiger partial charge is 0.465 e. The van der Waals surface area contributed by atoms with E-state index in [1.54, 1.807) is 36.4 Å². The zero-order chi connectivity index (χ0) is 25.5. The van der Waals surface area contributed by atoms with Gasteiger partial charge < -0.3 is 20.6 Å². The number of carbonyl (C=O) groups is 2. The maximum atomic E-state index is 13.5. The Morgan fingerprint density at radius 1 is 1.17 bits per heavy atom. The highest BCUT2D eigenvalue weighted by atomic mass is 19.1. The number of likely N-dealkylation sites (tertiary alicyclic amines) is 1. The second-order valence-electron chi connectivity index (χ2n) is 8.54. The summed E-state index contributed by atoms with van der Waals surface area (Å²) in [6, 6.07) is 18.6. The Bertz CT molecular complexity index is 1310. The van der Waals surface area contributed by atoms with Gasteiger partial charge in [0.2, 0.25) is 0 Å². The van der Waals surface area contributed by atoms with Crippen molar-refractivity contribution in [2.24, 2.45) is 0 Å². The molecule has 4 rings (SSSR count). The number of aromatic nitrogens is 1. The van der Waals surface area contributed by atoms with Crippen molar-refractivity contribution in [3.8, 4) is 17.3 Å². The number of nitrogens with zero attached hydrogens (tertiary/aromatic N) is 3.